The van der Waals surface area contributed by atoms with Crippen LogP contribution in [0.25, 0.3) is 0 Å². The maximum absolute atomic E-state index is 13.6. The topological polar surface area (TPSA) is 91.3 Å². The van der Waals surface area contributed by atoms with Crippen molar-refractivity contribution in [3.8, 4) is 0 Å². The summed E-state index contributed by atoms with van der Waals surface area (Å²) in [6.45, 7) is 9.30. The molecule has 1 atom stereocenters. The van der Waals surface area contributed by atoms with Crippen LogP contribution in [-0.2, 0) is 14.3 Å². The lowest BCUT2D eigenvalue weighted by Crippen LogP contribution is -2.59. The largest absolute Gasteiger partial charge is 0.444 e. The van der Waals surface area contributed by atoms with Crippen molar-refractivity contribution in [2.45, 2.75) is 58.7 Å². The number of halogens is 3. The molecule has 39 heavy (non-hydrogen) atoms. The van der Waals surface area contributed by atoms with Crippen LogP contribution < -0.4 is 5.32 Å². The molecule has 0 radical (unpaired) electrons. The number of hydrogen-bond acceptors (Lipinski definition) is 5. The number of ether oxygens (including phenoxy) is 1. The summed E-state index contributed by atoms with van der Waals surface area (Å²) in [5, 5.41) is 2.98. The lowest BCUT2D eigenvalue weighted by Gasteiger charge is -2.43. The Morgan fingerprint density at radius 1 is 1.10 bits per heavy atom. The van der Waals surface area contributed by atoms with E-state index in [4.69, 9.17) is 21.3 Å². The third-order valence-electron chi connectivity index (χ3n) is 5.99. The Labute approximate surface area is 232 Å². The van der Waals surface area contributed by atoms with Crippen LogP contribution in [0.1, 0.15) is 53.0 Å². The molecule has 2 aliphatic rings. The van der Waals surface area contributed by atoms with Gasteiger partial charge in [-0.05, 0) is 57.9 Å². The van der Waals surface area contributed by atoms with Gasteiger partial charge in [-0.25, -0.2) is 18.6 Å². The number of aliphatic imine (C=N–C) groups is 1. The van der Waals surface area contributed by atoms with E-state index < -0.39 is 47.4 Å². The minimum atomic E-state index is -1.20. The molecular formula is C28H33ClF2N4O4. The highest BCUT2D eigenvalue weighted by Gasteiger charge is 2.51. The number of hydrogen-bond donors (Lipinski definition) is 1. The first-order valence-electron chi connectivity index (χ1n) is 12.8. The predicted octanol–water partition coefficient (Wildman–Crippen LogP) is 5.64. The first-order valence-corrected chi connectivity index (χ1v) is 13.2. The van der Waals surface area contributed by atoms with Crippen LogP contribution in [0.3, 0.4) is 0 Å². The number of anilines is 1. The summed E-state index contributed by atoms with van der Waals surface area (Å²) < 4.78 is 32.4. The van der Waals surface area contributed by atoms with Crippen LogP contribution in [0.15, 0.2) is 47.5 Å². The highest BCUT2D eigenvalue weighted by molar-refractivity contribution is 6.47. The summed E-state index contributed by atoms with van der Waals surface area (Å²) in [5.74, 6) is -3.27. The van der Waals surface area contributed by atoms with Gasteiger partial charge in [0.05, 0.1) is 6.54 Å². The molecule has 2 aromatic rings. The predicted molar refractivity (Wildman–Crippen MR) is 146 cm³/mol. The van der Waals surface area contributed by atoms with Gasteiger partial charge in [0.25, 0.3) is 5.91 Å². The Hall–Kier alpha value is -3.53. The SMILES string of the molecule is CC.CC(C)(C)OC(=O)N1CCCC2(C1)N=C(c1ccc(Cl)cc1)C(=O)N2CC(=O)Nc1ccc(F)c(F)c1. The van der Waals surface area contributed by atoms with Gasteiger partial charge in [0.15, 0.2) is 17.3 Å². The zero-order valence-corrected chi connectivity index (χ0v) is 23.4. The van der Waals surface area contributed by atoms with Gasteiger partial charge in [-0.2, -0.15) is 0 Å². The third kappa shape index (κ3) is 7.11. The zero-order chi connectivity index (χ0) is 29.0. The average Bonchev–Trinajstić information content (AvgIpc) is 3.13. The van der Waals surface area contributed by atoms with Crippen LogP contribution in [0.4, 0.5) is 19.3 Å². The van der Waals surface area contributed by atoms with Gasteiger partial charge < -0.3 is 19.9 Å². The maximum atomic E-state index is 13.6. The first kappa shape index (κ1) is 30.0. The number of nitrogens with zero attached hydrogens (tertiary/aromatic N) is 3. The smallest absolute Gasteiger partial charge is 0.410 e. The second-order valence-electron chi connectivity index (χ2n) is 10.0. The molecule has 3 amide bonds. The van der Waals surface area contributed by atoms with Gasteiger partial charge in [-0.1, -0.05) is 37.6 Å². The van der Waals surface area contributed by atoms with Crippen LogP contribution in [0, 0.1) is 11.6 Å². The minimum Gasteiger partial charge on any atom is -0.444 e. The third-order valence-corrected chi connectivity index (χ3v) is 6.25. The normalized spacial score (nSPS) is 18.9. The van der Waals surface area contributed by atoms with Gasteiger partial charge in [0, 0.05) is 28.9 Å². The Morgan fingerprint density at radius 3 is 2.38 bits per heavy atom. The van der Waals surface area contributed by atoms with Crippen LogP contribution in [-0.4, -0.2) is 64.3 Å². The minimum absolute atomic E-state index is 0.0310. The molecule has 1 fully saturated rings. The number of carbonyl (C=O) groups excluding carboxylic acids is 3. The number of amides is 3. The van der Waals surface area contributed by atoms with E-state index >= 15 is 0 Å². The summed E-state index contributed by atoms with van der Waals surface area (Å²) in [6.07, 6.45) is 0.388. The molecule has 1 unspecified atom stereocenters. The standard InChI is InChI=1S/C26H27ClF2N4O4.C2H6/c1-25(2,3)37-24(36)32-12-4-11-26(15-32)31-22(16-5-7-17(27)8-6-16)23(35)33(26)14-21(34)30-18-9-10-19(28)20(29)13-18;1-2/h5-10,13H,4,11-12,14-15H2,1-3H3,(H,30,34);1-2H3. The molecule has 8 nitrogen and oxygen atoms in total. The number of rotatable bonds is 4. The highest BCUT2D eigenvalue weighted by atomic mass is 35.5. The van der Waals surface area contributed by atoms with Gasteiger partial charge >= 0.3 is 6.09 Å². The molecule has 1 N–H and O–H groups in total. The van der Waals surface area contributed by atoms with Crippen molar-refractivity contribution >= 4 is 40.9 Å². The van der Waals surface area contributed by atoms with Gasteiger partial charge in [-0.15, -0.1) is 0 Å². The molecule has 4 rings (SSSR count). The van der Waals surface area contributed by atoms with E-state index in [2.05, 4.69) is 5.32 Å². The van der Waals surface area contributed by atoms with E-state index in [1.807, 2.05) is 13.8 Å². The summed E-state index contributed by atoms with van der Waals surface area (Å²) in [7, 11) is 0. The molecule has 2 aliphatic heterocycles. The molecule has 0 aliphatic carbocycles. The van der Waals surface area contributed by atoms with E-state index in [0.717, 1.165) is 12.1 Å². The number of benzene rings is 2. The molecule has 1 saturated heterocycles. The van der Waals surface area contributed by atoms with Crippen molar-refractivity contribution in [2.75, 3.05) is 25.0 Å². The molecule has 11 heteroatoms. The summed E-state index contributed by atoms with van der Waals surface area (Å²) in [6, 6.07) is 9.55. The first-order chi connectivity index (χ1) is 18.4. The van der Waals surface area contributed by atoms with Crippen LogP contribution in [0.2, 0.25) is 5.02 Å². The van der Waals surface area contributed by atoms with E-state index in [0.29, 0.717) is 30.0 Å². The Bertz CT molecular complexity index is 1260. The summed E-state index contributed by atoms with van der Waals surface area (Å²) >= 11 is 6.00. The van der Waals surface area contributed by atoms with Crippen molar-refractivity contribution in [3.05, 3.63) is 64.7 Å². The van der Waals surface area contributed by atoms with Gasteiger partial charge in [0.1, 0.15) is 17.9 Å². The average molecular weight is 563 g/mol. The number of carbonyl (C=O) groups is 3. The maximum Gasteiger partial charge on any atom is 0.410 e. The van der Waals surface area contributed by atoms with Crippen LogP contribution >= 0.6 is 11.6 Å². The molecule has 0 aromatic heterocycles. The summed E-state index contributed by atoms with van der Waals surface area (Å²) in [5.41, 5.74) is -1.21. The second-order valence-corrected chi connectivity index (χ2v) is 10.5. The molecule has 1 spiro atoms. The van der Waals surface area contributed by atoms with Crippen molar-refractivity contribution < 1.29 is 27.9 Å². The van der Waals surface area contributed by atoms with Crippen LogP contribution in [0.5, 0.6) is 0 Å². The number of nitrogens with one attached hydrogen (secondary N) is 1. The van der Waals surface area contributed by atoms with E-state index in [9.17, 15) is 23.2 Å². The Morgan fingerprint density at radius 2 is 1.77 bits per heavy atom. The van der Waals surface area contributed by atoms with E-state index in [1.54, 1.807) is 45.0 Å². The zero-order valence-electron chi connectivity index (χ0n) is 22.7. The fraction of sp³-hybridized carbons (Fsp3) is 0.429. The fourth-order valence-corrected chi connectivity index (χ4v) is 4.50. The number of piperidine rings is 1. The Balaban J connectivity index is 0.00000205. The van der Waals surface area contributed by atoms with Gasteiger partial charge in [0.2, 0.25) is 5.91 Å². The van der Waals surface area contributed by atoms with Crippen molar-refractivity contribution in [1.82, 2.24) is 9.80 Å². The molecule has 0 bridgehead atoms. The molecule has 2 aromatic carbocycles. The molecule has 210 valence electrons. The molecular weight excluding hydrogens is 530 g/mol. The quantitative estimate of drug-likeness (QED) is 0.522. The van der Waals surface area contributed by atoms with Crippen molar-refractivity contribution in [2.24, 2.45) is 4.99 Å². The highest BCUT2D eigenvalue weighted by Crippen LogP contribution is 2.36. The van der Waals surface area contributed by atoms with Gasteiger partial charge in [-0.3, -0.25) is 9.59 Å². The van der Waals surface area contributed by atoms with Crippen molar-refractivity contribution in [3.63, 3.8) is 0 Å². The lowest BCUT2D eigenvalue weighted by molar-refractivity contribution is -0.134. The van der Waals surface area contributed by atoms with E-state index in [-0.39, 0.29) is 17.9 Å². The summed E-state index contributed by atoms with van der Waals surface area (Å²) in [4.78, 5) is 46.9. The fourth-order valence-electron chi connectivity index (χ4n) is 4.38. The Kier molecular flexibility index (Phi) is 9.32. The number of likely N-dealkylation sites (tertiary alicyclic amines) is 1. The molecule has 2 heterocycles. The second kappa shape index (κ2) is 12.1. The monoisotopic (exact) mass is 562 g/mol. The van der Waals surface area contributed by atoms with E-state index in [1.165, 1.54) is 15.9 Å². The van der Waals surface area contributed by atoms with Crippen molar-refractivity contribution in [1.29, 1.82) is 0 Å². The lowest BCUT2D eigenvalue weighted by atomic mass is 9.97. The molecule has 0 saturated carbocycles.